The maximum atomic E-state index is 8.02. The van der Waals surface area contributed by atoms with E-state index >= 15 is 0 Å². The van der Waals surface area contributed by atoms with E-state index in [4.69, 9.17) is 4.74 Å². The fourth-order valence-corrected chi connectivity index (χ4v) is 20.6. The van der Waals surface area contributed by atoms with Gasteiger partial charge in [0.15, 0.2) is 0 Å². The number of ether oxygens (including phenoxy) is 1. The third kappa shape index (κ3) is 8.46. The van der Waals surface area contributed by atoms with Crippen LogP contribution in [0.1, 0.15) is 0 Å². The Morgan fingerprint density at radius 3 is 1.23 bits per heavy atom. The van der Waals surface area contributed by atoms with Gasteiger partial charge in [0.25, 0.3) is 13.4 Å². The van der Waals surface area contributed by atoms with E-state index in [9.17, 15) is 0 Å². The summed E-state index contributed by atoms with van der Waals surface area (Å²) in [5.41, 5.74) is 23.5. The molecule has 0 bridgehead atoms. The first-order valence-electron chi connectivity index (χ1n) is 34.4. The third-order valence-corrected chi connectivity index (χ3v) is 24.6. The molecular formula is C90H55B2N5OS3. The fourth-order valence-electron chi connectivity index (χ4n) is 17.2. The normalized spacial score (nSPS) is 13.1. The Labute approximate surface area is 596 Å². The lowest BCUT2D eigenvalue weighted by molar-refractivity contribution is 0.488. The molecule has 0 saturated heterocycles. The molecule has 0 N–H and O–H groups in total. The van der Waals surface area contributed by atoms with E-state index in [0.29, 0.717) is 0 Å². The van der Waals surface area contributed by atoms with Crippen molar-refractivity contribution < 1.29 is 4.74 Å². The molecule has 0 radical (unpaired) electrons. The second-order valence-electron chi connectivity index (χ2n) is 26.6. The highest BCUT2D eigenvalue weighted by Crippen LogP contribution is 2.55. The van der Waals surface area contributed by atoms with Gasteiger partial charge in [0.05, 0.1) is 28.4 Å². The monoisotopic (exact) mass is 1340 g/mol. The van der Waals surface area contributed by atoms with Crippen molar-refractivity contribution in [3.05, 3.63) is 334 Å². The highest BCUT2D eigenvalue weighted by atomic mass is 32.1. The van der Waals surface area contributed by atoms with Gasteiger partial charge in [0, 0.05) is 130 Å². The first-order valence-corrected chi connectivity index (χ1v) is 36.9. The molecule has 22 rings (SSSR count). The number of thiophene rings is 3. The summed E-state index contributed by atoms with van der Waals surface area (Å²) in [7, 11) is 0. The van der Waals surface area contributed by atoms with Crippen LogP contribution in [0.2, 0.25) is 0 Å². The highest BCUT2D eigenvalue weighted by Gasteiger charge is 2.49. The van der Waals surface area contributed by atoms with Crippen molar-refractivity contribution in [3.8, 4) is 11.5 Å². The number of anilines is 15. The van der Waals surface area contributed by atoms with Gasteiger partial charge >= 0.3 is 0 Å². The van der Waals surface area contributed by atoms with Crippen molar-refractivity contribution in [2.75, 3.05) is 24.5 Å². The number of hydrogen-bond acceptors (Lipinski definition) is 9. The Kier molecular flexibility index (Phi) is 12.5. The summed E-state index contributed by atoms with van der Waals surface area (Å²) in [6, 6.07) is 124. The van der Waals surface area contributed by atoms with Crippen LogP contribution in [-0.2, 0) is 0 Å². The zero-order valence-electron chi connectivity index (χ0n) is 54.3. The second kappa shape index (κ2) is 22.2. The van der Waals surface area contributed by atoms with Crippen LogP contribution in [0, 0.1) is 0 Å². The Hall–Kier alpha value is -12.1. The lowest BCUT2D eigenvalue weighted by atomic mass is 9.30. The standard InChI is InChI=1S/C90H55B2N5OS3/c1-5-26-56(27-6-1)93(57-28-7-2-8-29-57)61-52-77-90-79(53-61)98-78-55-74-67(54-68(78)92(90)66-38-17-19-40-70(66)96(77)72-42-24-48-84-87(72)63-35-14-21-45-81(63)100-84)91-65-37-16-18-39-69(65)95(59-32-11-4-12-33-59)75-50-60(51-76(89(75)91)97(74)73-43-25-49-85-88(73)64-36-15-22-46-82(64)101-85)94(58-30-9-3-10-31-58)71-41-23-47-83-86(71)62-34-13-20-44-80(62)99-83/h1-55H. The van der Waals surface area contributed by atoms with Crippen LogP contribution >= 0.6 is 34.0 Å². The van der Waals surface area contributed by atoms with Gasteiger partial charge in [-0.15, -0.1) is 34.0 Å². The van der Waals surface area contributed by atoms with Gasteiger partial charge in [-0.1, -0.05) is 188 Å². The molecule has 4 aliphatic rings. The molecule has 0 fully saturated rings. The molecule has 4 aliphatic heterocycles. The van der Waals surface area contributed by atoms with Crippen LogP contribution in [0.3, 0.4) is 0 Å². The van der Waals surface area contributed by atoms with E-state index in [0.717, 1.165) is 108 Å². The molecule has 18 aromatic rings. The predicted molar refractivity (Wildman–Crippen MR) is 434 cm³/mol. The second-order valence-corrected chi connectivity index (χ2v) is 29.8. The minimum Gasteiger partial charge on any atom is -0.458 e. The van der Waals surface area contributed by atoms with E-state index in [1.165, 1.54) is 82.4 Å². The van der Waals surface area contributed by atoms with Gasteiger partial charge in [0.1, 0.15) is 11.5 Å². The Morgan fingerprint density at radius 1 is 0.248 bits per heavy atom. The summed E-state index contributed by atoms with van der Waals surface area (Å²) in [4.78, 5) is 12.6. The zero-order chi connectivity index (χ0) is 66.0. The van der Waals surface area contributed by atoms with E-state index < -0.39 is 0 Å². The van der Waals surface area contributed by atoms with Gasteiger partial charge < -0.3 is 29.2 Å². The van der Waals surface area contributed by atoms with Gasteiger partial charge in [-0.2, -0.15) is 0 Å². The number of rotatable bonds is 9. The largest absolute Gasteiger partial charge is 0.458 e. The summed E-state index contributed by atoms with van der Waals surface area (Å²) < 4.78 is 15.5. The minimum atomic E-state index is -0.230. The van der Waals surface area contributed by atoms with Crippen molar-refractivity contribution in [1.29, 1.82) is 0 Å². The van der Waals surface area contributed by atoms with Crippen molar-refractivity contribution >= 4 is 226 Å². The molecule has 15 aromatic carbocycles. The molecule has 7 heterocycles. The Morgan fingerprint density at radius 2 is 0.653 bits per heavy atom. The Bertz CT molecular complexity index is 6420. The molecule has 470 valence electrons. The average molecular weight is 1340 g/mol. The molecule has 0 atom stereocenters. The SMILES string of the molecule is c1ccc(N(c2ccccc2)c2cc3c4c(c2)N(c2cccc5sc6ccccc6c25)c2ccccc2B4c2cc4c(cc2O3)N(c2cccc3sc5ccccc5c23)c2cc(N(c3ccccc3)c3cccc5sc6ccccc6c35)cc3c2B4c2ccccc2N3c2ccccc2)cc1. The summed E-state index contributed by atoms with van der Waals surface area (Å²) in [5.74, 6) is 1.65. The van der Waals surface area contributed by atoms with Crippen LogP contribution in [0.5, 0.6) is 11.5 Å². The highest BCUT2D eigenvalue weighted by molar-refractivity contribution is 7.26. The molecule has 6 nitrogen and oxygen atoms in total. The minimum absolute atomic E-state index is 0.219. The zero-order valence-corrected chi connectivity index (χ0v) is 56.7. The van der Waals surface area contributed by atoms with E-state index in [2.05, 4.69) is 358 Å². The van der Waals surface area contributed by atoms with Crippen LogP contribution < -0.4 is 62.0 Å². The average Bonchev–Trinajstić information content (AvgIpc) is 0.797. The molecule has 0 aliphatic carbocycles. The lowest BCUT2D eigenvalue weighted by Gasteiger charge is -2.46. The first kappa shape index (κ1) is 56.9. The number of benzene rings is 15. The van der Waals surface area contributed by atoms with Crippen molar-refractivity contribution in [2.45, 2.75) is 0 Å². The van der Waals surface area contributed by atoms with Gasteiger partial charge in [-0.3, -0.25) is 0 Å². The molecule has 0 unspecified atom stereocenters. The lowest BCUT2D eigenvalue weighted by Crippen LogP contribution is -2.64. The van der Waals surface area contributed by atoms with Gasteiger partial charge in [-0.05, 0) is 166 Å². The maximum Gasteiger partial charge on any atom is 0.256 e. The quantitative estimate of drug-likeness (QED) is 0.134. The number of para-hydroxylation sites is 6. The molecule has 11 heteroatoms. The maximum absolute atomic E-state index is 8.02. The molecule has 0 spiro atoms. The van der Waals surface area contributed by atoms with Gasteiger partial charge in [0.2, 0.25) is 0 Å². The van der Waals surface area contributed by atoms with Crippen molar-refractivity contribution in [3.63, 3.8) is 0 Å². The van der Waals surface area contributed by atoms with Gasteiger partial charge in [-0.25, -0.2) is 0 Å². The number of nitrogens with zero attached hydrogens (tertiary/aromatic N) is 5. The van der Waals surface area contributed by atoms with E-state index in [1.54, 1.807) is 0 Å². The number of fused-ring (bicyclic) bond motifs is 17. The third-order valence-electron chi connectivity index (χ3n) is 21.2. The summed E-state index contributed by atoms with van der Waals surface area (Å²) in [6.45, 7) is -0.449. The molecule has 0 saturated carbocycles. The molecular weight excluding hydrogens is 1280 g/mol. The molecule has 101 heavy (non-hydrogen) atoms. The molecule has 3 aromatic heterocycles. The summed E-state index contributed by atoms with van der Waals surface area (Å²) >= 11 is 5.58. The predicted octanol–water partition coefficient (Wildman–Crippen LogP) is 22.2. The fraction of sp³-hybridized carbons (Fsp3) is 0. The van der Waals surface area contributed by atoms with E-state index in [-0.39, 0.29) is 13.4 Å². The topological polar surface area (TPSA) is 25.4 Å². The number of hydrogen-bond donors (Lipinski definition) is 0. The van der Waals surface area contributed by atoms with Crippen molar-refractivity contribution in [2.24, 2.45) is 0 Å². The van der Waals surface area contributed by atoms with Crippen LogP contribution in [-0.4, -0.2) is 13.4 Å². The van der Waals surface area contributed by atoms with Crippen molar-refractivity contribution in [1.82, 2.24) is 0 Å². The summed E-state index contributed by atoms with van der Waals surface area (Å²) in [6.07, 6.45) is 0. The van der Waals surface area contributed by atoms with E-state index in [1.807, 2.05) is 34.0 Å². The first-order chi connectivity index (χ1) is 50.1. The summed E-state index contributed by atoms with van der Waals surface area (Å²) in [5, 5.41) is 7.42. The van der Waals surface area contributed by atoms with Crippen LogP contribution in [0.25, 0.3) is 60.5 Å². The Balaban J connectivity index is 0.853. The molecule has 0 amide bonds. The smallest absolute Gasteiger partial charge is 0.256 e. The van der Waals surface area contributed by atoms with Crippen LogP contribution in [0.4, 0.5) is 85.3 Å². The van der Waals surface area contributed by atoms with Crippen LogP contribution in [0.15, 0.2) is 334 Å².